The number of hydrogen-bond acceptors (Lipinski definition) is 6. The summed E-state index contributed by atoms with van der Waals surface area (Å²) >= 11 is 0. The Bertz CT molecular complexity index is 328. The molecule has 6 nitrogen and oxygen atoms in total. The first kappa shape index (κ1) is 7.19. The molecule has 0 radical (unpaired) electrons. The third kappa shape index (κ3) is 0.998. The lowest BCUT2D eigenvalue weighted by Crippen LogP contribution is -2.46. The molecule has 0 aromatic heterocycles. The Balaban J connectivity index is 2.08. The third-order valence-electron chi connectivity index (χ3n) is 2.30. The van der Waals surface area contributed by atoms with Crippen LogP contribution >= 0.6 is 0 Å². The Morgan fingerprint density at radius 3 is 3.46 bits per heavy atom. The zero-order valence-electron chi connectivity index (χ0n) is 6.96. The minimum atomic E-state index is 0.123. The number of nitrogens with zero attached hydrogens (tertiary/aromatic N) is 2. The van der Waals surface area contributed by atoms with Crippen LogP contribution in [0.2, 0.25) is 0 Å². The van der Waals surface area contributed by atoms with Gasteiger partial charge in [-0.2, -0.15) is 0 Å². The van der Waals surface area contributed by atoms with Gasteiger partial charge >= 0.3 is 0 Å². The summed E-state index contributed by atoms with van der Waals surface area (Å²) in [5.74, 6) is 0. The van der Waals surface area contributed by atoms with Crippen molar-refractivity contribution in [2.75, 3.05) is 13.2 Å². The topological polar surface area (TPSA) is 72.8 Å². The number of hydrazine groups is 1. The van der Waals surface area contributed by atoms with E-state index >= 15 is 0 Å². The highest BCUT2D eigenvalue weighted by molar-refractivity contribution is 6.09. The predicted molar refractivity (Wildman–Crippen MR) is 49.0 cm³/mol. The SMILES string of the molecule is C1=NC2=C3NCNC3NNCC2=N1. The highest BCUT2D eigenvalue weighted by atomic mass is 15.5. The monoisotopic (exact) mass is 178 g/mol. The first-order chi connectivity index (χ1) is 6.45. The van der Waals surface area contributed by atoms with Gasteiger partial charge in [0, 0.05) is 0 Å². The van der Waals surface area contributed by atoms with E-state index in [1.165, 1.54) is 0 Å². The molecule has 3 heterocycles. The largest absolute Gasteiger partial charge is 0.372 e. The number of rotatable bonds is 0. The van der Waals surface area contributed by atoms with E-state index < -0.39 is 0 Å². The van der Waals surface area contributed by atoms with Gasteiger partial charge < -0.3 is 5.32 Å². The first-order valence-electron chi connectivity index (χ1n) is 4.24. The summed E-state index contributed by atoms with van der Waals surface area (Å²) in [5.41, 5.74) is 9.25. The molecule has 3 aliphatic rings. The fourth-order valence-corrected chi connectivity index (χ4v) is 1.68. The molecule has 1 unspecified atom stereocenters. The molecule has 0 bridgehead atoms. The molecule has 0 spiro atoms. The second-order valence-corrected chi connectivity index (χ2v) is 3.07. The summed E-state index contributed by atoms with van der Waals surface area (Å²) in [5, 5.41) is 6.48. The van der Waals surface area contributed by atoms with Gasteiger partial charge in [-0.1, -0.05) is 0 Å². The first-order valence-corrected chi connectivity index (χ1v) is 4.24. The van der Waals surface area contributed by atoms with Gasteiger partial charge in [-0.3, -0.25) is 5.32 Å². The van der Waals surface area contributed by atoms with Gasteiger partial charge in [0.25, 0.3) is 0 Å². The standard InChI is InChI=1S/C7H10N6/c1-4-5(9-2-8-4)6-7(13-12-1)11-3-10-6/h2,7,10-13H,1,3H2. The smallest absolute Gasteiger partial charge is 0.116 e. The van der Waals surface area contributed by atoms with Crippen molar-refractivity contribution in [3.8, 4) is 0 Å². The van der Waals surface area contributed by atoms with Crippen molar-refractivity contribution in [2.24, 2.45) is 9.98 Å². The molecule has 1 saturated heterocycles. The highest BCUT2D eigenvalue weighted by Gasteiger charge is 2.28. The average Bonchev–Trinajstić information content (AvgIpc) is 2.72. The minimum Gasteiger partial charge on any atom is -0.372 e. The van der Waals surface area contributed by atoms with Gasteiger partial charge in [0.1, 0.15) is 18.2 Å². The van der Waals surface area contributed by atoms with E-state index in [0.29, 0.717) is 6.54 Å². The minimum absolute atomic E-state index is 0.123. The van der Waals surface area contributed by atoms with E-state index in [2.05, 4.69) is 31.5 Å². The summed E-state index contributed by atoms with van der Waals surface area (Å²) in [6.07, 6.45) is 1.72. The van der Waals surface area contributed by atoms with Gasteiger partial charge in [0.2, 0.25) is 0 Å². The van der Waals surface area contributed by atoms with Crippen LogP contribution in [0.5, 0.6) is 0 Å². The van der Waals surface area contributed by atoms with Gasteiger partial charge in [0.15, 0.2) is 0 Å². The molecule has 0 saturated carbocycles. The molecule has 3 aliphatic heterocycles. The molecular weight excluding hydrogens is 168 g/mol. The van der Waals surface area contributed by atoms with Crippen LogP contribution in [-0.4, -0.2) is 31.4 Å². The molecule has 3 rings (SSSR count). The van der Waals surface area contributed by atoms with Crippen LogP contribution in [0.3, 0.4) is 0 Å². The molecule has 1 fully saturated rings. The molecule has 0 aliphatic carbocycles. The second kappa shape index (κ2) is 2.63. The molecular formula is C7H10N6. The fraction of sp³-hybridized carbons (Fsp3) is 0.429. The number of hydrogen-bond donors (Lipinski definition) is 4. The molecule has 68 valence electrons. The quantitative estimate of drug-likeness (QED) is 0.355. The maximum Gasteiger partial charge on any atom is 0.116 e. The Hall–Kier alpha value is -1.24. The van der Waals surface area contributed by atoms with Crippen LogP contribution in [0.4, 0.5) is 0 Å². The number of fused-ring (bicyclic) bond motifs is 2. The zero-order chi connectivity index (χ0) is 8.67. The van der Waals surface area contributed by atoms with Crippen molar-refractivity contribution in [1.82, 2.24) is 21.5 Å². The van der Waals surface area contributed by atoms with Crippen LogP contribution < -0.4 is 21.5 Å². The highest BCUT2D eigenvalue weighted by Crippen LogP contribution is 2.16. The number of aliphatic imine (C=N–C) groups is 2. The molecule has 13 heavy (non-hydrogen) atoms. The summed E-state index contributed by atoms with van der Waals surface area (Å²) in [7, 11) is 0. The Labute approximate surface area is 75.2 Å². The molecule has 0 aromatic carbocycles. The fourth-order valence-electron chi connectivity index (χ4n) is 1.68. The summed E-state index contributed by atoms with van der Waals surface area (Å²) in [6, 6.07) is 0. The number of nitrogens with one attached hydrogen (secondary N) is 4. The van der Waals surface area contributed by atoms with Crippen LogP contribution in [0, 0.1) is 0 Å². The predicted octanol–water partition coefficient (Wildman–Crippen LogP) is -1.73. The van der Waals surface area contributed by atoms with E-state index in [1.54, 1.807) is 6.34 Å². The lowest BCUT2D eigenvalue weighted by atomic mass is 10.2. The van der Waals surface area contributed by atoms with E-state index in [0.717, 1.165) is 23.8 Å². The van der Waals surface area contributed by atoms with Crippen LogP contribution in [0.1, 0.15) is 0 Å². The molecule has 6 heteroatoms. The summed E-state index contributed by atoms with van der Waals surface area (Å²) < 4.78 is 0. The van der Waals surface area contributed by atoms with E-state index in [1.807, 2.05) is 0 Å². The van der Waals surface area contributed by atoms with Crippen molar-refractivity contribution in [3.63, 3.8) is 0 Å². The average molecular weight is 178 g/mol. The van der Waals surface area contributed by atoms with E-state index in [-0.39, 0.29) is 6.17 Å². The van der Waals surface area contributed by atoms with Crippen molar-refractivity contribution < 1.29 is 0 Å². The molecule has 4 N–H and O–H groups in total. The van der Waals surface area contributed by atoms with E-state index in [9.17, 15) is 0 Å². The van der Waals surface area contributed by atoms with Crippen LogP contribution in [0.25, 0.3) is 0 Å². The molecule has 1 atom stereocenters. The molecule has 0 aromatic rings. The third-order valence-corrected chi connectivity index (χ3v) is 2.30. The van der Waals surface area contributed by atoms with Crippen LogP contribution in [-0.2, 0) is 0 Å². The van der Waals surface area contributed by atoms with Crippen molar-refractivity contribution in [1.29, 1.82) is 0 Å². The van der Waals surface area contributed by atoms with Crippen molar-refractivity contribution in [2.45, 2.75) is 6.17 Å². The van der Waals surface area contributed by atoms with Crippen molar-refractivity contribution in [3.05, 3.63) is 11.4 Å². The lowest BCUT2D eigenvalue weighted by molar-refractivity contribution is 0.470. The summed E-state index contributed by atoms with van der Waals surface area (Å²) in [4.78, 5) is 8.40. The van der Waals surface area contributed by atoms with Gasteiger partial charge in [0.05, 0.1) is 24.6 Å². The Kier molecular flexibility index (Phi) is 1.45. The van der Waals surface area contributed by atoms with Gasteiger partial charge in [-0.15, -0.1) is 0 Å². The Morgan fingerprint density at radius 1 is 1.46 bits per heavy atom. The zero-order valence-corrected chi connectivity index (χ0v) is 6.96. The maximum absolute atomic E-state index is 4.23. The van der Waals surface area contributed by atoms with Crippen molar-refractivity contribution >= 4 is 12.1 Å². The van der Waals surface area contributed by atoms with Crippen LogP contribution in [0.15, 0.2) is 21.4 Å². The Morgan fingerprint density at radius 2 is 2.46 bits per heavy atom. The van der Waals surface area contributed by atoms with Gasteiger partial charge in [-0.25, -0.2) is 20.8 Å². The second-order valence-electron chi connectivity index (χ2n) is 3.07. The maximum atomic E-state index is 4.23. The van der Waals surface area contributed by atoms with Gasteiger partial charge in [-0.05, 0) is 0 Å². The van der Waals surface area contributed by atoms with E-state index in [4.69, 9.17) is 0 Å². The molecule has 0 amide bonds. The normalized spacial score (nSPS) is 30.8. The lowest BCUT2D eigenvalue weighted by Gasteiger charge is -2.10. The summed E-state index contributed by atoms with van der Waals surface area (Å²) in [6.45, 7) is 1.47.